The van der Waals surface area contributed by atoms with Gasteiger partial charge in [0.05, 0.1) is 15.8 Å². The normalized spacial score (nSPS) is 27.6. The van der Waals surface area contributed by atoms with E-state index >= 15 is 0 Å². The van der Waals surface area contributed by atoms with Crippen molar-refractivity contribution in [1.29, 1.82) is 0 Å². The van der Waals surface area contributed by atoms with E-state index in [0.29, 0.717) is 12.1 Å². The summed E-state index contributed by atoms with van der Waals surface area (Å²) in [5.74, 6) is -3.36. The number of rotatable bonds is 12. The Kier molecular flexibility index (Phi) is 10.1. The predicted molar refractivity (Wildman–Crippen MR) is 178 cm³/mol. The molecule has 3 N–H and O–H groups in total. The fraction of sp³-hybridized carbons (Fsp3) is 0.459. The van der Waals surface area contributed by atoms with Gasteiger partial charge < -0.3 is 25.2 Å². The molecule has 0 radical (unpaired) electrons. The Balaban J connectivity index is 1.53. The molecule has 3 aromatic rings. The van der Waals surface area contributed by atoms with Crippen molar-refractivity contribution in [3.8, 4) is 0 Å². The van der Waals surface area contributed by atoms with Crippen LogP contribution in [-0.2, 0) is 19.7 Å². The number of carboxylic acid groups (broad SMARTS) is 2. The number of nitrogens with one attached hydrogen (secondary N) is 1. The highest BCUT2D eigenvalue weighted by molar-refractivity contribution is 5.84. The third kappa shape index (κ3) is 6.06. The zero-order valence-electron chi connectivity index (χ0n) is 27.3. The number of methoxy groups -OCH3 is 1. The van der Waals surface area contributed by atoms with E-state index in [0.717, 1.165) is 25.9 Å². The van der Waals surface area contributed by atoms with Crippen molar-refractivity contribution in [2.24, 2.45) is 10.8 Å². The van der Waals surface area contributed by atoms with Crippen molar-refractivity contribution >= 4 is 17.6 Å². The van der Waals surface area contributed by atoms with Gasteiger partial charge in [0.1, 0.15) is 0 Å². The fourth-order valence-corrected chi connectivity index (χ4v) is 8.63. The topological polar surface area (TPSA) is 142 Å². The van der Waals surface area contributed by atoms with Crippen LogP contribution in [0.5, 0.6) is 0 Å². The Labute approximate surface area is 275 Å². The number of likely N-dealkylation sites (tertiary alicyclic amines) is 1. The van der Waals surface area contributed by atoms with Crippen LogP contribution < -0.4 is 5.32 Å². The second-order valence-electron chi connectivity index (χ2n) is 13.2. The van der Waals surface area contributed by atoms with E-state index in [1.165, 1.54) is 36.4 Å². The minimum atomic E-state index is -1.62. The molecular weight excluding hydrogens is 598 g/mol. The van der Waals surface area contributed by atoms with Crippen LogP contribution in [0.3, 0.4) is 0 Å². The van der Waals surface area contributed by atoms with Gasteiger partial charge in [-0.1, -0.05) is 72.8 Å². The maximum Gasteiger partial charge on any atom is 0.311 e. The van der Waals surface area contributed by atoms with Crippen LogP contribution in [-0.4, -0.2) is 77.4 Å². The zero-order chi connectivity index (χ0) is 33.8. The number of aliphatic carboxylic acids is 2. The lowest BCUT2D eigenvalue weighted by molar-refractivity contribution is -0.385. The summed E-state index contributed by atoms with van der Waals surface area (Å²) >= 11 is 0. The second kappa shape index (κ2) is 13.9. The molecule has 0 bridgehead atoms. The van der Waals surface area contributed by atoms with Gasteiger partial charge in [-0.2, -0.15) is 0 Å². The van der Waals surface area contributed by atoms with Crippen LogP contribution in [0.15, 0.2) is 84.9 Å². The van der Waals surface area contributed by atoms with E-state index in [9.17, 15) is 29.9 Å². The number of benzene rings is 3. The van der Waals surface area contributed by atoms with E-state index in [-0.39, 0.29) is 30.6 Å². The van der Waals surface area contributed by atoms with Crippen molar-refractivity contribution in [2.75, 3.05) is 33.4 Å². The molecule has 0 amide bonds. The second-order valence-corrected chi connectivity index (χ2v) is 13.2. The third-order valence-electron chi connectivity index (χ3n) is 11.2. The van der Waals surface area contributed by atoms with Gasteiger partial charge in [-0.3, -0.25) is 19.7 Å². The number of non-ortho nitro benzene ring substituents is 1. The predicted octanol–water partition coefficient (Wildman–Crippen LogP) is 5.71. The lowest BCUT2D eigenvalue weighted by Gasteiger charge is -2.57. The average molecular weight is 644 g/mol. The van der Waals surface area contributed by atoms with E-state index in [2.05, 4.69) is 58.7 Å². The van der Waals surface area contributed by atoms with Crippen LogP contribution in [0.1, 0.15) is 62.1 Å². The van der Waals surface area contributed by atoms with Crippen LogP contribution in [0.4, 0.5) is 5.69 Å². The molecular formula is C37H45N3O7. The van der Waals surface area contributed by atoms with Gasteiger partial charge in [0, 0.05) is 49.3 Å². The van der Waals surface area contributed by atoms with Gasteiger partial charge in [0.2, 0.25) is 0 Å². The molecule has 5 atom stereocenters. The molecule has 10 nitrogen and oxygen atoms in total. The van der Waals surface area contributed by atoms with E-state index < -0.39 is 45.7 Å². The van der Waals surface area contributed by atoms with E-state index in [1.807, 2.05) is 12.1 Å². The maximum atomic E-state index is 13.7. The average Bonchev–Trinajstić information content (AvgIpc) is 3.08. The Hall–Kier alpha value is -4.12. The van der Waals surface area contributed by atoms with Crippen LogP contribution in [0.2, 0.25) is 0 Å². The Morgan fingerprint density at radius 3 is 1.89 bits per heavy atom. The van der Waals surface area contributed by atoms with Crippen molar-refractivity contribution in [2.45, 2.75) is 62.9 Å². The number of nitro benzene ring substituents is 1. The van der Waals surface area contributed by atoms with Crippen molar-refractivity contribution in [1.82, 2.24) is 10.2 Å². The van der Waals surface area contributed by atoms with Gasteiger partial charge >= 0.3 is 11.9 Å². The molecule has 2 aliphatic rings. The number of nitrogens with zero attached hydrogens (tertiary/aromatic N) is 2. The molecule has 0 saturated carbocycles. The molecule has 2 saturated heterocycles. The number of nitro groups is 1. The van der Waals surface area contributed by atoms with Gasteiger partial charge in [-0.15, -0.1) is 0 Å². The number of hydrogen-bond donors (Lipinski definition) is 3. The molecule has 0 aromatic heterocycles. The number of carbonyl (C=O) groups is 2. The standard InChI is InChI=1S/C37H45N3O7/c1-26-36(33(41)42,19-23-39-21-17-35(18-22-39,29-12-6-4-7-13-29)30-14-8-5-9-15-30)32(28-11-10-16-31(25-28)40(45)46)37(34(43)44,20-24-47-3)27(2)38-26/h4-16,25-27,32,38H,17-24H2,1-3H3,(H,41,42)(H,43,44)/t26?,27-,32?,36?,37?/m0/s1. The largest absolute Gasteiger partial charge is 0.481 e. The van der Waals surface area contributed by atoms with E-state index in [1.54, 1.807) is 19.9 Å². The first-order chi connectivity index (χ1) is 22.5. The highest BCUT2D eigenvalue weighted by Gasteiger charge is 2.66. The molecule has 5 rings (SSSR count). The molecule has 47 heavy (non-hydrogen) atoms. The molecule has 0 spiro atoms. The lowest BCUT2D eigenvalue weighted by Crippen LogP contribution is -2.70. The minimum absolute atomic E-state index is 0.0303. The first kappa shape index (κ1) is 34.2. The van der Waals surface area contributed by atoms with Gasteiger partial charge in [-0.25, -0.2) is 0 Å². The van der Waals surface area contributed by atoms with Crippen LogP contribution in [0.25, 0.3) is 0 Å². The summed E-state index contributed by atoms with van der Waals surface area (Å²) < 4.78 is 5.36. The summed E-state index contributed by atoms with van der Waals surface area (Å²) in [5, 5.41) is 37.3. The Morgan fingerprint density at radius 1 is 0.872 bits per heavy atom. The highest BCUT2D eigenvalue weighted by atomic mass is 16.6. The quantitative estimate of drug-likeness (QED) is 0.167. The van der Waals surface area contributed by atoms with Crippen molar-refractivity contribution < 1.29 is 29.5 Å². The van der Waals surface area contributed by atoms with Crippen LogP contribution in [0, 0.1) is 20.9 Å². The van der Waals surface area contributed by atoms with Crippen LogP contribution >= 0.6 is 0 Å². The van der Waals surface area contributed by atoms with Gasteiger partial charge in [0.25, 0.3) is 5.69 Å². The lowest BCUT2D eigenvalue weighted by atomic mass is 9.49. The fourth-order valence-electron chi connectivity index (χ4n) is 8.63. The summed E-state index contributed by atoms with van der Waals surface area (Å²) in [6.07, 6.45) is 1.87. The molecule has 2 aliphatic heterocycles. The molecule has 3 aromatic carbocycles. The van der Waals surface area contributed by atoms with Gasteiger partial charge in [0.15, 0.2) is 0 Å². The first-order valence-electron chi connectivity index (χ1n) is 16.3. The SMILES string of the molecule is COCCC1(C(=O)O)C(c2cccc([N+](=O)[O-])c2)C(CCN2CCC(c3ccccc3)(c3ccccc3)CC2)(C(=O)O)C(C)N[C@H]1C. The number of ether oxygens (including phenoxy) is 1. The number of piperidine rings is 2. The number of carboxylic acids is 2. The third-order valence-corrected chi connectivity index (χ3v) is 11.2. The van der Waals surface area contributed by atoms with Gasteiger partial charge in [-0.05, 0) is 75.9 Å². The molecule has 4 unspecified atom stereocenters. The summed E-state index contributed by atoms with van der Waals surface area (Å²) in [6, 6.07) is 25.6. The monoisotopic (exact) mass is 643 g/mol. The molecule has 2 heterocycles. The Bertz CT molecular complexity index is 1520. The smallest absolute Gasteiger partial charge is 0.311 e. The van der Waals surface area contributed by atoms with Crippen molar-refractivity contribution in [3.63, 3.8) is 0 Å². The highest BCUT2D eigenvalue weighted by Crippen LogP contribution is 2.59. The molecule has 10 heteroatoms. The summed E-state index contributed by atoms with van der Waals surface area (Å²) in [4.78, 5) is 40.7. The molecule has 2 fully saturated rings. The zero-order valence-corrected chi connectivity index (χ0v) is 27.3. The van der Waals surface area contributed by atoms with Crippen molar-refractivity contribution in [3.05, 3.63) is 112 Å². The molecule has 0 aliphatic carbocycles. The minimum Gasteiger partial charge on any atom is -0.481 e. The molecule has 250 valence electrons. The maximum absolute atomic E-state index is 13.7. The Morgan fingerprint density at radius 2 is 1.40 bits per heavy atom. The van der Waals surface area contributed by atoms with E-state index in [4.69, 9.17) is 4.74 Å². The summed E-state index contributed by atoms with van der Waals surface area (Å²) in [6.45, 7) is 5.52. The summed E-state index contributed by atoms with van der Waals surface area (Å²) in [5.41, 5.74) is -0.756. The summed E-state index contributed by atoms with van der Waals surface area (Å²) in [7, 11) is 1.48. The first-order valence-corrected chi connectivity index (χ1v) is 16.3. The number of hydrogen-bond acceptors (Lipinski definition) is 7.